The average molecular weight is 289 g/mol. The summed E-state index contributed by atoms with van der Waals surface area (Å²) in [4.78, 5) is 0. The van der Waals surface area contributed by atoms with Gasteiger partial charge in [-0.15, -0.1) is 0 Å². The van der Waals surface area contributed by atoms with Crippen LogP contribution < -0.4 is 5.73 Å². The summed E-state index contributed by atoms with van der Waals surface area (Å²) in [6, 6.07) is 2.78. The number of rotatable bonds is 4. The Labute approximate surface area is 127 Å². The first-order valence-electron chi connectivity index (χ1n) is 8.69. The van der Waals surface area contributed by atoms with E-state index in [0.717, 1.165) is 25.1 Å². The quantitative estimate of drug-likeness (QED) is 0.927. The van der Waals surface area contributed by atoms with Crippen molar-refractivity contribution < 1.29 is 4.74 Å². The predicted molar refractivity (Wildman–Crippen MR) is 82.1 cm³/mol. The Bertz CT molecular complexity index is 490. The summed E-state index contributed by atoms with van der Waals surface area (Å²) in [5.74, 6) is 0.706. The zero-order chi connectivity index (χ0) is 14.3. The fourth-order valence-electron chi connectivity index (χ4n) is 4.24. The summed E-state index contributed by atoms with van der Waals surface area (Å²) in [5.41, 5.74) is 7.65. The van der Waals surface area contributed by atoms with Crippen molar-refractivity contribution >= 4 is 0 Å². The Morgan fingerprint density at radius 3 is 2.81 bits per heavy atom. The normalized spacial score (nSPS) is 34.4. The number of nitrogens with zero attached hydrogens (tertiary/aromatic N) is 2. The lowest BCUT2D eigenvalue weighted by Crippen LogP contribution is -2.50. The van der Waals surface area contributed by atoms with Crippen molar-refractivity contribution in [3.8, 4) is 0 Å². The molecule has 0 aromatic carbocycles. The van der Waals surface area contributed by atoms with Crippen molar-refractivity contribution in [3.05, 3.63) is 18.0 Å². The highest BCUT2D eigenvalue weighted by Gasteiger charge is 2.48. The largest absolute Gasteiger partial charge is 0.376 e. The standard InChI is InChI=1S/C17H27N3O/c18-17(9-11-21-16(17)13-6-7-13)12-14-8-10-20(19-14)15-4-2-1-3-5-15/h8,10,13,15-16H,1-7,9,11-12,18H2. The molecule has 1 aromatic heterocycles. The minimum absolute atomic E-state index is 0.188. The number of nitrogens with two attached hydrogens (primary N) is 1. The second kappa shape index (κ2) is 5.40. The fourth-order valence-corrected chi connectivity index (χ4v) is 4.24. The molecule has 1 aliphatic heterocycles. The third kappa shape index (κ3) is 2.76. The van der Waals surface area contributed by atoms with Gasteiger partial charge in [0, 0.05) is 19.2 Å². The average Bonchev–Trinajstić information content (AvgIpc) is 3.12. The van der Waals surface area contributed by atoms with Crippen LogP contribution in [0.4, 0.5) is 0 Å². The molecule has 1 aromatic rings. The third-order valence-electron chi connectivity index (χ3n) is 5.60. The van der Waals surface area contributed by atoms with E-state index in [1.54, 1.807) is 0 Å². The molecule has 2 heterocycles. The molecule has 0 radical (unpaired) electrons. The van der Waals surface area contributed by atoms with Gasteiger partial charge in [0.05, 0.1) is 23.4 Å². The molecule has 116 valence electrons. The molecular weight excluding hydrogens is 262 g/mol. The van der Waals surface area contributed by atoms with Gasteiger partial charge in [-0.2, -0.15) is 5.10 Å². The van der Waals surface area contributed by atoms with E-state index in [1.807, 2.05) is 0 Å². The smallest absolute Gasteiger partial charge is 0.0787 e. The first-order valence-corrected chi connectivity index (χ1v) is 8.69. The second-order valence-corrected chi connectivity index (χ2v) is 7.37. The summed E-state index contributed by atoms with van der Waals surface area (Å²) in [6.07, 6.45) is 13.5. The van der Waals surface area contributed by atoms with E-state index in [1.165, 1.54) is 44.9 Å². The highest BCUT2D eigenvalue weighted by Crippen LogP contribution is 2.43. The van der Waals surface area contributed by atoms with Crippen LogP contribution in [0.3, 0.4) is 0 Å². The first-order chi connectivity index (χ1) is 10.2. The van der Waals surface area contributed by atoms with Crippen LogP contribution in [0.5, 0.6) is 0 Å². The maximum Gasteiger partial charge on any atom is 0.0787 e. The van der Waals surface area contributed by atoms with Crippen LogP contribution in [0.15, 0.2) is 12.3 Å². The van der Waals surface area contributed by atoms with Gasteiger partial charge in [0.25, 0.3) is 0 Å². The zero-order valence-electron chi connectivity index (χ0n) is 12.8. The molecule has 4 rings (SSSR count). The monoisotopic (exact) mass is 289 g/mol. The molecule has 0 amide bonds. The van der Waals surface area contributed by atoms with E-state index < -0.39 is 0 Å². The van der Waals surface area contributed by atoms with E-state index >= 15 is 0 Å². The first kappa shape index (κ1) is 13.8. The van der Waals surface area contributed by atoms with E-state index in [0.29, 0.717) is 12.0 Å². The molecule has 3 aliphatic rings. The van der Waals surface area contributed by atoms with Gasteiger partial charge < -0.3 is 10.5 Å². The van der Waals surface area contributed by atoms with Crippen molar-refractivity contribution in [2.45, 2.75) is 75.5 Å². The molecule has 0 spiro atoms. The van der Waals surface area contributed by atoms with Crippen LogP contribution in [-0.2, 0) is 11.2 Å². The minimum atomic E-state index is -0.188. The van der Waals surface area contributed by atoms with Gasteiger partial charge in [0.15, 0.2) is 0 Å². The van der Waals surface area contributed by atoms with Crippen LogP contribution in [0.1, 0.15) is 63.1 Å². The Balaban J connectivity index is 1.45. The molecule has 4 nitrogen and oxygen atoms in total. The Hall–Kier alpha value is -0.870. The number of hydrogen-bond donors (Lipinski definition) is 1. The van der Waals surface area contributed by atoms with E-state index in [2.05, 4.69) is 16.9 Å². The van der Waals surface area contributed by atoms with E-state index in [4.69, 9.17) is 15.6 Å². The van der Waals surface area contributed by atoms with Gasteiger partial charge >= 0.3 is 0 Å². The van der Waals surface area contributed by atoms with Crippen molar-refractivity contribution in [1.29, 1.82) is 0 Å². The highest BCUT2D eigenvalue weighted by atomic mass is 16.5. The Morgan fingerprint density at radius 1 is 1.24 bits per heavy atom. The lowest BCUT2D eigenvalue weighted by atomic mass is 9.85. The molecule has 21 heavy (non-hydrogen) atoms. The van der Waals surface area contributed by atoms with Crippen LogP contribution >= 0.6 is 0 Å². The predicted octanol–water partition coefficient (Wildman–Crippen LogP) is 2.83. The minimum Gasteiger partial charge on any atom is -0.376 e. The molecule has 1 saturated heterocycles. The van der Waals surface area contributed by atoms with Gasteiger partial charge in [0.1, 0.15) is 0 Å². The van der Waals surface area contributed by atoms with Crippen LogP contribution in [0.2, 0.25) is 0 Å². The summed E-state index contributed by atoms with van der Waals surface area (Å²) in [5, 5.41) is 4.84. The van der Waals surface area contributed by atoms with Gasteiger partial charge in [-0.25, -0.2) is 0 Å². The molecule has 2 unspecified atom stereocenters. The van der Waals surface area contributed by atoms with Crippen LogP contribution in [0, 0.1) is 5.92 Å². The lowest BCUT2D eigenvalue weighted by Gasteiger charge is -2.29. The molecule has 2 atom stereocenters. The number of ether oxygens (including phenoxy) is 1. The van der Waals surface area contributed by atoms with Crippen molar-refractivity contribution in [3.63, 3.8) is 0 Å². The Kier molecular flexibility index (Phi) is 3.54. The molecule has 4 heteroatoms. The topological polar surface area (TPSA) is 53.1 Å². The van der Waals surface area contributed by atoms with Gasteiger partial charge in [-0.1, -0.05) is 19.3 Å². The van der Waals surface area contributed by atoms with E-state index in [9.17, 15) is 0 Å². The molecule has 2 N–H and O–H groups in total. The van der Waals surface area contributed by atoms with Crippen LogP contribution in [0.25, 0.3) is 0 Å². The fraction of sp³-hybridized carbons (Fsp3) is 0.824. The third-order valence-corrected chi connectivity index (χ3v) is 5.60. The second-order valence-electron chi connectivity index (χ2n) is 7.37. The maximum absolute atomic E-state index is 6.69. The van der Waals surface area contributed by atoms with Gasteiger partial charge in [-0.05, 0) is 44.1 Å². The van der Waals surface area contributed by atoms with Gasteiger partial charge in [-0.3, -0.25) is 4.68 Å². The molecule has 0 bridgehead atoms. The SMILES string of the molecule is NC1(Cc2ccn(C3CCCCC3)n2)CCOC1C1CC1. The van der Waals surface area contributed by atoms with Crippen LogP contribution in [-0.4, -0.2) is 28.0 Å². The van der Waals surface area contributed by atoms with Crippen molar-refractivity contribution in [2.24, 2.45) is 11.7 Å². The highest BCUT2D eigenvalue weighted by molar-refractivity contribution is 5.12. The molecular formula is C17H27N3O. The lowest BCUT2D eigenvalue weighted by molar-refractivity contribution is 0.0623. The zero-order valence-corrected chi connectivity index (χ0v) is 12.8. The summed E-state index contributed by atoms with van der Waals surface area (Å²) >= 11 is 0. The number of hydrogen-bond acceptors (Lipinski definition) is 3. The number of aromatic nitrogens is 2. The van der Waals surface area contributed by atoms with E-state index in [-0.39, 0.29) is 11.6 Å². The van der Waals surface area contributed by atoms with Gasteiger partial charge in [0.2, 0.25) is 0 Å². The summed E-state index contributed by atoms with van der Waals surface area (Å²) in [7, 11) is 0. The molecule has 2 saturated carbocycles. The Morgan fingerprint density at radius 2 is 2.05 bits per heavy atom. The molecule has 3 fully saturated rings. The summed E-state index contributed by atoms with van der Waals surface area (Å²) < 4.78 is 8.12. The summed E-state index contributed by atoms with van der Waals surface area (Å²) in [6.45, 7) is 0.820. The molecule has 2 aliphatic carbocycles. The van der Waals surface area contributed by atoms with Crippen molar-refractivity contribution in [1.82, 2.24) is 9.78 Å². The maximum atomic E-state index is 6.69. The van der Waals surface area contributed by atoms with Crippen molar-refractivity contribution in [2.75, 3.05) is 6.61 Å².